The number of carbonyl (C=O) groups excluding carboxylic acids is 1. The molecule has 0 saturated heterocycles. The van der Waals surface area contributed by atoms with Gasteiger partial charge in [0.25, 0.3) is 0 Å². The number of aromatic nitrogens is 1. The van der Waals surface area contributed by atoms with Crippen molar-refractivity contribution in [1.29, 1.82) is 0 Å². The molecule has 0 aliphatic heterocycles. The van der Waals surface area contributed by atoms with Crippen LogP contribution in [0.25, 0.3) is 10.9 Å². The smallest absolute Gasteiger partial charge is 0.223 e. The van der Waals surface area contributed by atoms with Gasteiger partial charge in [0.05, 0.1) is 7.11 Å². The van der Waals surface area contributed by atoms with E-state index >= 15 is 0 Å². The van der Waals surface area contributed by atoms with Crippen molar-refractivity contribution in [2.75, 3.05) is 13.7 Å². The molecule has 0 radical (unpaired) electrons. The van der Waals surface area contributed by atoms with Gasteiger partial charge in [-0.05, 0) is 43.0 Å². The third kappa shape index (κ3) is 2.50. The lowest BCUT2D eigenvalue weighted by Gasteiger charge is -2.23. The van der Waals surface area contributed by atoms with Crippen LogP contribution in [0.5, 0.6) is 5.75 Å². The van der Waals surface area contributed by atoms with Crippen molar-refractivity contribution in [3.63, 3.8) is 0 Å². The molecule has 1 amide bonds. The van der Waals surface area contributed by atoms with Crippen LogP contribution in [-0.2, 0) is 11.2 Å². The van der Waals surface area contributed by atoms with Crippen LogP contribution in [0.1, 0.15) is 24.8 Å². The number of fused-ring (bicyclic) bond motifs is 1. The highest BCUT2D eigenvalue weighted by atomic mass is 16.5. The van der Waals surface area contributed by atoms with E-state index in [-0.39, 0.29) is 11.8 Å². The fraction of sp³-hybridized carbons (Fsp3) is 0.438. The van der Waals surface area contributed by atoms with Gasteiger partial charge < -0.3 is 15.0 Å². The maximum absolute atomic E-state index is 11.8. The molecule has 2 aromatic rings. The van der Waals surface area contributed by atoms with E-state index in [1.165, 1.54) is 17.4 Å². The summed E-state index contributed by atoms with van der Waals surface area (Å²) in [5.74, 6) is 1.34. The first-order valence-corrected chi connectivity index (χ1v) is 7.19. The van der Waals surface area contributed by atoms with Crippen molar-refractivity contribution in [3.8, 4) is 5.75 Å². The Morgan fingerprint density at radius 3 is 3.00 bits per heavy atom. The summed E-state index contributed by atoms with van der Waals surface area (Å²) in [6, 6.07) is 6.00. The van der Waals surface area contributed by atoms with Gasteiger partial charge in [-0.25, -0.2) is 0 Å². The first-order valence-electron chi connectivity index (χ1n) is 7.19. The van der Waals surface area contributed by atoms with Crippen LogP contribution < -0.4 is 10.1 Å². The molecular weight excluding hydrogens is 252 g/mol. The van der Waals surface area contributed by atoms with Gasteiger partial charge in [0.15, 0.2) is 0 Å². The molecule has 3 rings (SSSR count). The fourth-order valence-corrected chi connectivity index (χ4v) is 2.63. The van der Waals surface area contributed by atoms with Gasteiger partial charge in [0, 0.05) is 29.6 Å². The van der Waals surface area contributed by atoms with Crippen molar-refractivity contribution in [3.05, 3.63) is 30.0 Å². The molecule has 0 atom stereocenters. The van der Waals surface area contributed by atoms with Crippen molar-refractivity contribution >= 4 is 16.8 Å². The number of hydrogen-bond acceptors (Lipinski definition) is 2. The van der Waals surface area contributed by atoms with E-state index in [1.54, 1.807) is 7.11 Å². The zero-order chi connectivity index (χ0) is 13.9. The summed E-state index contributed by atoms with van der Waals surface area (Å²) in [7, 11) is 1.67. The molecule has 1 heterocycles. The Morgan fingerprint density at radius 2 is 2.30 bits per heavy atom. The van der Waals surface area contributed by atoms with Gasteiger partial charge >= 0.3 is 0 Å². The second-order valence-electron chi connectivity index (χ2n) is 5.39. The third-order valence-corrected chi connectivity index (χ3v) is 4.14. The SMILES string of the molecule is COc1ccc2[nH]cc(CCNC(=O)C3CCC3)c2c1. The molecule has 2 N–H and O–H groups in total. The molecular formula is C16H20N2O2. The minimum atomic E-state index is 0.216. The lowest BCUT2D eigenvalue weighted by atomic mass is 9.85. The molecule has 1 aromatic heterocycles. The summed E-state index contributed by atoms with van der Waals surface area (Å²) in [5.41, 5.74) is 2.32. The zero-order valence-corrected chi connectivity index (χ0v) is 11.7. The van der Waals surface area contributed by atoms with Gasteiger partial charge in [-0.15, -0.1) is 0 Å². The Kier molecular flexibility index (Phi) is 3.63. The third-order valence-electron chi connectivity index (χ3n) is 4.14. The van der Waals surface area contributed by atoms with Crippen molar-refractivity contribution in [1.82, 2.24) is 10.3 Å². The number of H-pyrrole nitrogens is 1. The summed E-state index contributed by atoms with van der Waals surface area (Å²) in [6.45, 7) is 0.694. The van der Waals surface area contributed by atoms with E-state index in [0.717, 1.165) is 30.5 Å². The second-order valence-corrected chi connectivity index (χ2v) is 5.39. The van der Waals surface area contributed by atoms with Crippen LogP contribution in [0.3, 0.4) is 0 Å². The Bertz CT molecular complexity index is 614. The van der Waals surface area contributed by atoms with Crippen molar-refractivity contribution in [2.45, 2.75) is 25.7 Å². The highest BCUT2D eigenvalue weighted by Crippen LogP contribution is 2.26. The highest BCUT2D eigenvalue weighted by Gasteiger charge is 2.24. The predicted octanol–water partition coefficient (Wildman–Crippen LogP) is 2.64. The molecule has 1 saturated carbocycles. The average Bonchev–Trinajstić information content (AvgIpc) is 2.79. The van der Waals surface area contributed by atoms with Crippen molar-refractivity contribution in [2.24, 2.45) is 5.92 Å². The largest absolute Gasteiger partial charge is 0.497 e. The van der Waals surface area contributed by atoms with E-state index in [1.807, 2.05) is 24.4 Å². The van der Waals surface area contributed by atoms with Crippen molar-refractivity contribution < 1.29 is 9.53 Å². The number of amides is 1. The molecule has 1 aliphatic rings. The van der Waals surface area contributed by atoms with E-state index in [0.29, 0.717) is 6.54 Å². The Morgan fingerprint density at radius 1 is 1.45 bits per heavy atom. The number of hydrogen-bond donors (Lipinski definition) is 2. The molecule has 1 aromatic carbocycles. The number of nitrogens with one attached hydrogen (secondary N) is 2. The van der Waals surface area contributed by atoms with E-state index in [2.05, 4.69) is 10.3 Å². The molecule has 0 unspecified atom stereocenters. The number of aromatic amines is 1. The monoisotopic (exact) mass is 272 g/mol. The molecule has 20 heavy (non-hydrogen) atoms. The Balaban J connectivity index is 1.63. The Hall–Kier alpha value is -1.97. The van der Waals surface area contributed by atoms with E-state index in [9.17, 15) is 4.79 Å². The maximum atomic E-state index is 11.8. The van der Waals surface area contributed by atoms with Crippen LogP contribution in [0.4, 0.5) is 0 Å². The van der Waals surface area contributed by atoms with Crippen LogP contribution in [0, 0.1) is 5.92 Å². The van der Waals surface area contributed by atoms with Gasteiger partial charge in [-0.1, -0.05) is 6.42 Å². The summed E-state index contributed by atoms with van der Waals surface area (Å²) < 4.78 is 5.26. The summed E-state index contributed by atoms with van der Waals surface area (Å²) in [6.07, 6.45) is 6.15. The second kappa shape index (κ2) is 5.57. The summed E-state index contributed by atoms with van der Waals surface area (Å²) >= 11 is 0. The first kappa shape index (κ1) is 13.0. The summed E-state index contributed by atoms with van der Waals surface area (Å²) in [4.78, 5) is 15.0. The highest BCUT2D eigenvalue weighted by molar-refractivity contribution is 5.85. The minimum Gasteiger partial charge on any atom is -0.497 e. The average molecular weight is 272 g/mol. The number of rotatable bonds is 5. The lowest BCUT2D eigenvalue weighted by Crippen LogP contribution is -2.35. The molecule has 1 aliphatic carbocycles. The minimum absolute atomic E-state index is 0.216. The normalized spacial score (nSPS) is 15.1. The molecule has 4 heteroatoms. The number of benzene rings is 1. The number of carbonyl (C=O) groups is 1. The molecule has 106 valence electrons. The first-order chi connectivity index (χ1) is 9.78. The number of ether oxygens (including phenoxy) is 1. The van der Waals surface area contributed by atoms with Gasteiger partial charge in [0.2, 0.25) is 5.91 Å². The van der Waals surface area contributed by atoms with Gasteiger partial charge in [-0.2, -0.15) is 0 Å². The van der Waals surface area contributed by atoms with Gasteiger partial charge in [0.1, 0.15) is 5.75 Å². The van der Waals surface area contributed by atoms with E-state index < -0.39 is 0 Å². The van der Waals surface area contributed by atoms with Crippen LogP contribution >= 0.6 is 0 Å². The van der Waals surface area contributed by atoms with E-state index in [4.69, 9.17) is 4.74 Å². The quantitative estimate of drug-likeness (QED) is 0.879. The molecule has 0 bridgehead atoms. The van der Waals surface area contributed by atoms with Crippen LogP contribution in [0.2, 0.25) is 0 Å². The fourth-order valence-electron chi connectivity index (χ4n) is 2.63. The van der Waals surface area contributed by atoms with Crippen LogP contribution in [0.15, 0.2) is 24.4 Å². The predicted molar refractivity (Wildman–Crippen MR) is 78.9 cm³/mol. The van der Waals surface area contributed by atoms with Crippen LogP contribution in [-0.4, -0.2) is 24.5 Å². The molecule has 4 nitrogen and oxygen atoms in total. The lowest BCUT2D eigenvalue weighted by molar-refractivity contribution is -0.127. The maximum Gasteiger partial charge on any atom is 0.223 e. The summed E-state index contributed by atoms with van der Waals surface area (Å²) in [5, 5.41) is 4.20. The van der Waals surface area contributed by atoms with Gasteiger partial charge in [-0.3, -0.25) is 4.79 Å². The standard InChI is InChI=1S/C16H20N2O2/c1-20-13-5-6-15-14(9-13)12(10-18-15)7-8-17-16(19)11-3-2-4-11/h5-6,9-11,18H,2-4,7-8H2,1H3,(H,17,19). The molecule has 0 spiro atoms. The topological polar surface area (TPSA) is 54.1 Å². The zero-order valence-electron chi connectivity index (χ0n) is 11.7. The Labute approximate surface area is 118 Å². The molecule has 1 fully saturated rings. The number of methoxy groups -OCH3 is 1.